The predicted octanol–water partition coefficient (Wildman–Crippen LogP) is 0.922. The van der Waals surface area contributed by atoms with Crippen LogP contribution in [0.15, 0.2) is 18.3 Å². The Bertz CT molecular complexity index is 395. The number of aromatic nitrogens is 1. The van der Waals surface area contributed by atoms with E-state index in [-0.39, 0.29) is 12.6 Å². The van der Waals surface area contributed by atoms with Gasteiger partial charge in [0, 0.05) is 12.6 Å². The van der Waals surface area contributed by atoms with Gasteiger partial charge in [-0.2, -0.15) is 0 Å². The lowest BCUT2D eigenvalue weighted by Crippen LogP contribution is -2.33. The Hall–Kier alpha value is -1.62. The van der Waals surface area contributed by atoms with Crippen LogP contribution in [0.5, 0.6) is 5.75 Å². The zero-order chi connectivity index (χ0) is 11.5. The number of hydrogen-bond acceptors (Lipinski definition) is 4. The summed E-state index contributed by atoms with van der Waals surface area (Å²) in [6, 6.07) is 3.71. The molecular weight excluding hydrogens is 208 g/mol. The van der Waals surface area contributed by atoms with E-state index < -0.39 is 5.97 Å². The van der Waals surface area contributed by atoms with Gasteiger partial charge in [-0.25, -0.2) is 0 Å². The van der Waals surface area contributed by atoms with Crippen molar-refractivity contribution in [2.45, 2.75) is 12.5 Å². The third kappa shape index (κ3) is 2.14. The Morgan fingerprint density at radius 1 is 1.75 bits per heavy atom. The molecule has 0 aliphatic carbocycles. The highest BCUT2D eigenvalue weighted by Gasteiger charge is 2.26. The first-order valence-electron chi connectivity index (χ1n) is 5.18. The summed E-state index contributed by atoms with van der Waals surface area (Å²) in [6.07, 6.45) is 2.48. The van der Waals surface area contributed by atoms with E-state index in [0.717, 1.165) is 17.9 Å². The van der Waals surface area contributed by atoms with Gasteiger partial charge in [-0.1, -0.05) is 0 Å². The minimum atomic E-state index is -0.827. The summed E-state index contributed by atoms with van der Waals surface area (Å²) in [6.45, 7) is 0.619. The molecule has 0 amide bonds. The van der Waals surface area contributed by atoms with Gasteiger partial charge in [0.25, 0.3) is 0 Å². The van der Waals surface area contributed by atoms with Crippen LogP contribution in [0, 0.1) is 0 Å². The summed E-state index contributed by atoms with van der Waals surface area (Å²) in [5.74, 6) is -0.0672. The monoisotopic (exact) mass is 222 g/mol. The van der Waals surface area contributed by atoms with Crippen LogP contribution in [-0.2, 0) is 4.79 Å². The minimum Gasteiger partial charge on any atom is -0.492 e. The molecular formula is C11H14N2O3. The molecule has 1 aromatic heterocycles. The fraction of sp³-hybridized carbons (Fsp3) is 0.455. The van der Waals surface area contributed by atoms with Crippen LogP contribution in [0.4, 0.5) is 0 Å². The van der Waals surface area contributed by atoms with E-state index in [1.807, 2.05) is 12.1 Å². The SMILES string of the molecule is CN(CC(=O)O)[C@H]1CCOc2cccnc21. The molecule has 1 atom stereocenters. The number of pyridine rings is 1. The Kier molecular flexibility index (Phi) is 3.05. The molecule has 0 unspecified atom stereocenters. The van der Waals surface area contributed by atoms with Crippen LogP contribution in [0.1, 0.15) is 18.2 Å². The molecule has 0 spiro atoms. The molecule has 2 heterocycles. The molecule has 16 heavy (non-hydrogen) atoms. The zero-order valence-electron chi connectivity index (χ0n) is 9.09. The minimum absolute atomic E-state index is 0.0146. The molecule has 0 bridgehead atoms. The number of carboxylic acid groups (broad SMARTS) is 1. The molecule has 1 aromatic rings. The molecule has 5 heteroatoms. The Morgan fingerprint density at radius 2 is 2.56 bits per heavy atom. The van der Waals surface area contributed by atoms with E-state index in [4.69, 9.17) is 9.84 Å². The zero-order valence-corrected chi connectivity index (χ0v) is 9.09. The van der Waals surface area contributed by atoms with Gasteiger partial charge in [-0.3, -0.25) is 14.7 Å². The Morgan fingerprint density at radius 3 is 3.31 bits per heavy atom. The van der Waals surface area contributed by atoms with Gasteiger partial charge in [0.05, 0.1) is 24.9 Å². The van der Waals surface area contributed by atoms with Crippen molar-refractivity contribution in [3.63, 3.8) is 0 Å². The number of carbonyl (C=O) groups is 1. The van der Waals surface area contributed by atoms with Gasteiger partial charge in [0.1, 0.15) is 5.75 Å². The third-order valence-corrected chi connectivity index (χ3v) is 2.68. The van der Waals surface area contributed by atoms with E-state index in [0.29, 0.717) is 6.61 Å². The standard InChI is InChI=1S/C11H14N2O3/c1-13(7-10(14)15)8-4-6-16-9-3-2-5-12-11(8)9/h2-3,5,8H,4,6-7H2,1H3,(H,14,15)/t8-/m0/s1. The van der Waals surface area contributed by atoms with Gasteiger partial charge in [-0.15, -0.1) is 0 Å². The van der Waals surface area contributed by atoms with E-state index in [1.54, 1.807) is 18.1 Å². The number of rotatable bonds is 3. The lowest BCUT2D eigenvalue weighted by molar-refractivity contribution is -0.138. The number of ether oxygens (including phenoxy) is 1. The fourth-order valence-corrected chi connectivity index (χ4v) is 1.94. The van der Waals surface area contributed by atoms with Crippen LogP contribution >= 0.6 is 0 Å². The maximum absolute atomic E-state index is 10.7. The summed E-state index contributed by atoms with van der Waals surface area (Å²) < 4.78 is 5.47. The van der Waals surface area contributed by atoms with Crippen molar-refractivity contribution < 1.29 is 14.6 Å². The van der Waals surface area contributed by atoms with Gasteiger partial charge in [0.2, 0.25) is 0 Å². The second kappa shape index (κ2) is 4.49. The molecule has 2 rings (SSSR count). The summed E-state index contributed by atoms with van der Waals surface area (Å²) in [7, 11) is 1.79. The Balaban J connectivity index is 2.21. The van der Waals surface area contributed by atoms with Crippen molar-refractivity contribution in [2.75, 3.05) is 20.2 Å². The lowest BCUT2D eigenvalue weighted by atomic mass is 10.1. The molecule has 0 radical (unpaired) electrons. The highest BCUT2D eigenvalue weighted by atomic mass is 16.5. The first kappa shape index (κ1) is 10.9. The first-order valence-corrected chi connectivity index (χ1v) is 5.18. The van der Waals surface area contributed by atoms with Crippen LogP contribution in [0.25, 0.3) is 0 Å². The topological polar surface area (TPSA) is 62.7 Å². The average molecular weight is 222 g/mol. The van der Waals surface area contributed by atoms with Gasteiger partial charge >= 0.3 is 5.97 Å². The summed E-state index contributed by atoms with van der Waals surface area (Å²) in [5, 5.41) is 8.77. The maximum atomic E-state index is 10.7. The van der Waals surface area contributed by atoms with Crippen LogP contribution in [0.2, 0.25) is 0 Å². The van der Waals surface area contributed by atoms with Crippen molar-refractivity contribution in [1.82, 2.24) is 9.88 Å². The highest BCUT2D eigenvalue weighted by Crippen LogP contribution is 2.32. The third-order valence-electron chi connectivity index (χ3n) is 2.68. The number of carboxylic acids is 1. The van der Waals surface area contributed by atoms with E-state index in [9.17, 15) is 4.79 Å². The molecule has 1 aliphatic heterocycles. The van der Waals surface area contributed by atoms with Crippen LogP contribution in [-0.4, -0.2) is 41.2 Å². The Labute approximate surface area is 93.7 Å². The van der Waals surface area contributed by atoms with Crippen LogP contribution in [0.3, 0.4) is 0 Å². The van der Waals surface area contributed by atoms with Crippen molar-refractivity contribution in [1.29, 1.82) is 0 Å². The van der Waals surface area contributed by atoms with Crippen molar-refractivity contribution in [2.24, 2.45) is 0 Å². The number of aliphatic carboxylic acids is 1. The van der Waals surface area contributed by atoms with Gasteiger partial charge < -0.3 is 9.84 Å². The highest BCUT2D eigenvalue weighted by molar-refractivity contribution is 5.69. The number of fused-ring (bicyclic) bond motifs is 1. The summed E-state index contributed by atoms with van der Waals surface area (Å²) >= 11 is 0. The molecule has 0 saturated carbocycles. The number of likely N-dealkylation sites (N-methyl/N-ethyl adjacent to an activating group) is 1. The molecule has 5 nitrogen and oxygen atoms in total. The van der Waals surface area contributed by atoms with E-state index >= 15 is 0 Å². The molecule has 0 fully saturated rings. The maximum Gasteiger partial charge on any atom is 0.317 e. The second-order valence-corrected chi connectivity index (χ2v) is 3.85. The van der Waals surface area contributed by atoms with Crippen molar-refractivity contribution in [3.8, 4) is 5.75 Å². The quantitative estimate of drug-likeness (QED) is 0.824. The lowest BCUT2D eigenvalue weighted by Gasteiger charge is -2.30. The van der Waals surface area contributed by atoms with E-state index in [2.05, 4.69) is 4.98 Å². The molecule has 86 valence electrons. The number of hydrogen-bond donors (Lipinski definition) is 1. The normalized spacial score (nSPS) is 19.0. The molecule has 0 aromatic carbocycles. The summed E-state index contributed by atoms with van der Waals surface area (Å²) in [4.78, 5) is 16.7. The molecule has 1 aliphatic rings. The largest absolute Gasteiger partial charge is 0.492 e. The second-order valence-electron chi connectivity index (χ2n) is 3.85. The van der Waals surface area contributed by atoms with Crippen molar-refractivity contribution in [3.05, 3.63) is 24.0 Å². The first-order chi connectivity index (χ1) is 7.68. The summed E-state index contributed by atoms with van der Waals surface area (Å²) in [5.41, 5.74) is 0.831. The fourth-order valence-electron chi connectivity index (χ4n) is 1.94. The van der Waals surface area contributed by atoms with Gasteiger partial charge in [0.15, 0.2) is 0 Å². The average Bonchev–Trinajstić information content (AvgIpc) is 2.27. The van der Waals surface area contributed by atoms with Crippen molar-refractivity contribution >= 4 is 5.97 Å². The van der Waals surface area contributed by atoms with Gasteiger partial charge in [-0.05, 0) is 19.2 Å². The molecule has 0 saturated heterocycles. The smallest absolute Gasteiger partial charge is 0.317 e. The number of nitrogens with zero attached hydrogens (tertiary/aromatic N) is 2. The van der Waals surface area contributed by atoms with E-state index in [1.165, 1.54) is 0 Å². The van der Waals surface area contributed by atoms with Crippen LogP contribution < -0.4 is 4.74 Å². The predicted molar refractivity (Wildman–Crippen MR) is 57.4 cm³/mol. The molecule has 1 N–H and O–H groups in total.